The van der Waals surface area contributed by atoms with Crippen molar-refractivity contribution in [3.63, 3.8) is 0 Å². The Kier molecular flexibility index (Phi) is 6.84. The molecule has 1 atom stereocenters. The fourth-order valence-electron chi connectivity index (χ4n) is 4.03. The molecular weight excluding hydrogens is 434 g/mol. The molecule has 0 spiro atoms. The summed E-state index contributed by atoms with van der Waals surface area (Å²) in [5.41, 5.74) is 2.60. The maximum absolute atomic E-state index is 12.9. The third-order valence-electron chi connectivity index (χ3n) is 5.72. The lowest BCUT2D eigenvalue weighted by Gasteiger charge is -2.22. The number of Topliss-reactive ketones (excluding diaryl/α,β-unsaturated/α-hetero) is 1. The molecule has 0 bridgehead atoms. The van der Waals surface area contributed by atoms with Gasteiger partial charge in [-0.25, -0.2) is 0 Å². The number of hydrogen-bond acceptors (Lipinski definition) is 6. The third kappa shape index (κ3) is 4.75. The first-order valence-electron chi connectivity index (χ1n) is 11.0. The van der Waals surface area contributed by atoms with Crippen molar-refractivity contribution in [3.05, 3.63) is 94.4 Å². The van der Waals surface area contributed by atoms with E-state index in [2.05, 4.69) is 6.07 Å². The second kappa shape index (κ2) is 9.97. The number of rotatable bonds is 8. The molecule has 1 aliphatic heterocycles. The predicted octanol–water partition coefficient (Wildman–Crippen LogP) is 4.54. The van der Waals surface area contributed by atoms with Crippen LogP contribution in [0.25, 0.3) is 5.76 Å². The van der Waals surface area contributed by atoms with Crippen molar-refractivity contribution in [2.75, 3.05) is 20.3 Å². The molecule has 7 heteroatoms. The van der Waals surface area contributed by atoms with Gasteiger partial charge < -0.3 is 23.9 Å². The number of carbonyl (C=O) groups is 2. The van der Waals surface area contributed by atoms with Gasteiger partial charge >= 0.3 is 0 Å². The minimum atomic E-state index is -0.832. The molecule has 34 heavy (non-hydrogen) atoms. The van der Waals surface area contributed by atoms with Crippen molar-refractivity contribution < 1.29 is 28.6 Å². The minimum Gasteiger partial charge on any atom is -0.507 e. The number of methoxy groups -OCH3 is 1. The number of carbonyl (C=O) groups excluding carboxylic acids is 2. The van der Waals surface area contributed by atoms with Crippen molar-refractivity contribution >= 4 is 17.4 Å². The van der Waals surface area contributed by atoms with Crippen LogP contribution in [0.2, 0.25) is 0 Å². The molecule has 1 aliphatic rings. The van der Waals surface area contributed by atoms with E-state index in [9.17, 15) is 14.7 Å². The number of benzene rings is 2. The van der Waals surface area contributed by atoms with Crippen LogP contribution in [0.3, 0.4) is 0 Å². The van der Waals surface area contributed by atoms with Crippen LogP contribution in [0.4, 0.5) is 0 Å². The smallest absolute Gasteiger partial charge is 0.295 e. The molecule has 1 unspecified atom stereocenters. The van der Waals surface area contributed by atoms with Crippen LogP contribution in [0, 0.1) is 13.8 Å². The number of aliphatic hydroxyl groups excluding tert-OH is 1. The molecule has 4 rings (SSSR count). The summed E-state index contributed by atoms with van der Waals surface area (Å²) in [6.07, 6.45) is 0. The van der Waals surface area contributed by atoms with Crippen LogP contribution < -0.4 is 4.74 Å². The van der Waals surface area contributed by atoms with Crippen molar-refractivity contribution in [2.45, 2.75) is 26.5 Å². The van der Waals surface area contributed by atoms with Gasteiger partial charge in [-0.05, 0) is 55.8 Å². The van der Waals surface area contributed by atoms with Gasteiger partial charge in [-0.3, -0.25) is 9.59 Å². The van der Waals surface area contributed by atoms with Crippen LogP contribution in [-0.4, -0.2) is 42.0 Å². The van der Waals surface area contributed by atoms with E-state index in [0.717, 1.165) is 11.1 Å². The molecule has 1 aromatic heterocycles. The zero-order valence-electron chi connectivity index (χ0n) is 19.4. The van der Waals surface area contributed by atoms with Gasteiger partial charge in [0.05, 0.1) is 12.2 Å². The summed E-state index contributed by atoms with van der Waals surface area (Å²) in [6, 6.07) is 17.4. The predicted molar refractivity (Wildman–Crippen MR) is 126 cm³/mol. The molecule has 1 amide bonds. The minimum absolute atomic E-state index is 0.0103. The van der Waals surface area contributed by atoms with Gasteiger partial charge in [0.25, 0.3) is 11.7 Å². The van der Waals surface area contributed by atoms with E-state index in [0.29, 0.717) is 29.4 Å². The second-order valence-electron chi connectivity index (χ2n) is 8.24. The standard InChI is InChI=1S/C27H27NO6/c1-17-5-4-6-19(15-17)16-33-21-10-8-20(9-11-21)25(29)23-24(22-12-7-18(2)34-22)28(13-14-32-3)27(31)26(23)30/h4-12,15,24,29H,13-14,16H2,1-3H3. The van der Waals surface area contributed by atoms with E-state index in [1.54, 1.807) is 43.3 Å². The van der Waals surface area contributed by atoms with Crippen LogP contribution in [0.1, 0.15) is 34.3 Å². The van der Waals surface area contributed by atoms with Gasteiger partial charge in [-0.15, -0.1) is 0 Å². The Balaban J connectivity index is 1.62. The van der Waals surface area contributed by atoms with Crippen LogP contribution >= 0.6 is 0 Å². The summed E-state index contributed by atoms with van der Waals surface area (Å²) in [6.45, 7) is 4.65. The van der Waals surface area contributed by atoms with Gasteiger partial charge in [0.1, 0.15) is 35.7 Å². The highest BCUT2D eigenvalue weighted by Gasteiger charge is 2.47. The Morgan fingerprint density at radius 1 is 1.06 bits per heavy atom. The number of amides is 1. The van der Waals surface area contributed by atoms with Crippen LogP contribution in [0.5, 0.6) is 5.75 Å². The summed E-state index contributed by atoms with van der Waals surface area (Å²) in [4.78, 5) is 27.1. The highest BCUT2D eigenvalue weighted by Crippen LogP contribution is 2.40. The molecular formula is C27H27NO6. The first-order chi connectivity index (χ1) is 16.4. The van der Waals surface area contributed by atoms with Gasteiger partial charge in [0.15, 0.2) is 0 Å². The lowest BCUT2D eigenvalue weighted by molar-refractivity contribution is -0.140. The van der Waals surface area contributed by atoms with E-state index < -0.39 is 17.7 Å². The van der Waals surface area contributed by atoms with Gasteiger partial charge in [0, 0.05) is 19.2 Å². The highest BCUT2D eigenvalue weighted by molar-refractivity contribution is 6.46. The zero-order valence-corrected chi connectivity index (χ0v) is 19.4. The number of aliphatic hydroxyl groups is 1. The third-order valence-corrected chi connectivity index (χ3v) is 5.72. The zero-order chi connectivity index (χ0) is 24.2. The number of hydrogen-bond donors (Lipinski definition) is 1. The topological polar surface area (TPSA) is 89.2 Å². The molecule has 1 N–H and O–H groups in total. The molecule has 1 fully saturated rings. The molecule has 176 valence electrons. The lowest BCUT2D eigenvalue weighted by atomic mass is 9.99. The van der Waals surface area contributed by atoms with Crippen LogP contribution in [-0.2, 0) is 20.9 Å². The fraction of sp³-hybridized carbons (Fsp3) is 0.259. The quantitative estimate of drug-likeness (QED) is 0.301. The first-order valence-corrected chi connectivity index (χ1v) is 11.0. The fourth-order valence-corrected chi connectivity index (χ4v) is 4.03. The van der Waals surface area contributed by atoms with Crippen molar-refractivity contribution in [1.82, 2.24) is 4.90 Å². The summed E-state index contributed by atoms with van der Waals surface area (Å²) in [5, 5.41) is 11.1. The second-order valence-corrected chi connectivity index (χ2v) is 8.24. The number of likely N-dealkylation sites (tertiary alicyclic amines) is 1. The Labute approximate surface area is 198 Å². The Hall–Kier alpha value is -3.84. The van der Waals surface area contributed by atoms with Gasteiger partial charge in [-0.1, -0.05) is 29.8 Å². The average molecular weight is 462 g/mol. The van der Waals surface area contributed by atoms with E-state index >= 15 is 0 Å². The number of aryl methyl sites for hydroxylation is 2. The van der Waals surface area contributed by atoms with Crippen molar-refractivity contribution in [1.29, 1.82) is 0 Å². The number of ether oxygens (including phenoxy) is 2. The maximum Gasteiger partial charge on any atom is 0.295 e. The maximum atomic E-state index is 12.9. The molecule has 0 saturated carbocycles. The van der Waals surface area contributed by atoms with Gasteiger partial charge in [0.2, 0.25) is 0 Å². The number of furan rings is 1. The molecule has 1 saturated heterocycles. The van der Waals surface area contributed by atoms with Crippen molar-refractivity contribution in [3.8, 4) is 5.75 Å². The molecule has 7 nitrogen and oxygen atoms in total. The van der Waals surface area contributed by atoms with Crippen molar-refractivity contribution in [2.24, 2.45) is 0 Å². The largest absolute Gasteiger partial charge is 0.507 e. The molecule has 0 aliphatic carbocycles. The molecule has 0 radical (unpaired) electrons. The number of nitrogens with zero attached hydrogens (tertiary/aromatic N) is 1. The van der Waals surface area contributed by atoms with E-state index in [4.69, 9.17) is 13.9 Å². The summed E-state index contributed by atoms with van der Waals surface area (Å²) in [5.74, 6) is -0.0440. The van der Waals surface area contributed by atoms with E-state index in [-0.39, 0.29) is 24.5 Å². The summed E-state index contributed by atoms with van der Waals surface area (Å²) in [7, 11) is 1.52. The van der Waals surface area contributed by atoms with E-state index in [1.165, 1.54) is 12.0 Å². The normalized spacial score (nSPS) is 17.4. The van der Waals surface area contributed by atoms with Gasteiger partial charge in [-0.2, -0.15) is 0 Å². The van der Waals surface area contributed by atoms with Crippen LogP contribution in [0.15, 0.2) is 70.7 Å². The Bertz CT molecular complexity index is 1220. The lowest BCUT2D eigenvalue weighted by Crippen LogP contribution is -2.32. The summed E-state index contributed by atoms with van der Waals surface area (Å²) < 4.78 is 16.7. The summed E-state index contributed by atoms with van der Waals surface area (Å²) >= 11 is 0. The Morgan fingerprint density at radius 3 is 2.47 bits per heavy atom. The Morgan fingerprint density at radius 2 is 1.82 bits per heavy atom. The SMILES string of the molecule is COCCN1C(=O)C(=O)C(=C(O)c2ccc(OCc3cccc(C)c3)cc2)C1c1ccc(C)o1. The number of ketones is 1. The highest BCUT2D eigenvalue weighted by atomic mass is 16.5. The van der Waals surface area contributed by atoms with E-state index in [1.807, 2.05) is 25.1 Å². The monoisotopic (exact) mass is 461 g/mol. The average Bonchev–Trinajstić information content (AvgIpc) is 3.37. The molecule has 2 heterocycles. The molecule has 3 aromatic rings. The molecule has 2 aromatic carbocycles. The first kappa shape index (κ1) is 23.3.